The van der Waals surface area contributed by atoms with Crippen LogP contribution in [0.1, 0.15) is 40.3 Å². The van der Waals surface area contributed by atoms with E-state index >= 15 is 0 Å². The van der Waals surface area contributed by atoms with E-state index < -0.39 is 10.0 Å². The van der Waals surface area contributed by atoms with E-state index in [1.54, 1.807) is 24.3 Å². The van der Waals surface area contributed by atoms with Crippen molar-refractivity contribution in [1.29, 1.82) is 0 Å². The SMILES string of the molecule is Cc1cccc(NC(=O)C2CCN(S(=O)(=O)c3c(C)noc3/C=C/c3cccs3)CC2)c1C. The minimum atomic E-state index is -3.79. The number of rotatable bonds is 6. The molecule has 3 heterocycles. The van der Waals surface area contributed by atoms with Crippen molar-refractivity contribution in [2.75, 3.05) is 18.4 Å². The van der Waals surface area contributed by atoms with E-state index in [-0.39, 0.29) is 35.6 Å². The zero-order valence-corrected chi connectivity index (χ0v) is 20.5. The summed E-state index contributed by atoms with van der Waals surface area (Å²) in [4.78, 5) is 13.9. The highest BCUT2D eigenvalue weighted by atomic mass is 32.2. The second-order valence-electron chi connectivity index (χ2n) is 8.23. The fraction of sp³-hybridized carbons (Fsp3) is 0.333. The minimum Gasteiger partial charge on any atom is -0.355 e. The summed E-state index contributed by atoms with van der Waals surface area (Å²) in [5, 5.41) is 8.85. The summed E-state index contributed by atoms with van der Waals surface area (Å²) in [7, 11) is -3.79. The number of benzene rings is 1. The quantitative estimate of drug-likeness (QED) is 0.538. The second kappa shape index (κ2) is 9.62. The molecule has 33 heavy (non-hydrogen) atoms. The average Bonchev–Trinajstić information content (AvgIpc) is 3.45. The van der Waals surface area contributed by atoms with Gasteiger partial charge in [0.25, 0.3) is 0 Å². The van der Waals surface area contributed by atoms with Crippen LogP contribution in [-0.2, 0) is 14.8 Å². The summed E-state index contributed by atoms with van der Waals surface area (Å²) in [5.74, 6) is -0.0877. The van der Waals surface area contributed by atoms with Crippen molar-refractivity contribution in [3.63, 3.8) is 0 Å². The first-order chi connectivity index (χ1) is 15.8. The van der Waals surface area contributed by atoms with Gasteiger partial charge in [0.15, 0.2) is 10.7 Å². The Hall–Kier alpha value is -2.75. The van der Waals surface area contributed by atoms with Crippen LogP contribution in [0.3, 0.4) is 0 Å². The number of aromatic nitrogens is 1. The topological polar surface area (TPSA) is 92.5 Å². The fourth-order valence-electron chi connectivity index (χ4n) is 3.95. The first-order valence-electron chi connectivity index (χ1n) is 10.8. The normalized spacial score (nSPS) is 15.8. The van der Waals surface area contributed by atoms with E-state index in [4.69, 9.17) is 4.52 Å². The number of amides is 1. The number of carbonyl (C=O) groups excluding carboxylic acids is 1. The monoisotopic (exact) mass is 485 g/mol. The zero-order chi connectivity index (χ0) is 23.6. The predicted octanol–water partition coefficient (Wildman–Crippen LogP) is 4.87. The lowest BCUT2D eigenvalue weighted by molar-refractivity contribution is -0.120. The van der Waals surface area contributed by atoms with Crippen LogP contribution in [0.2, 0.25) is 0 Å². The molecule has 0 bridgehead atoms. The largest absolute Gasteiger partial charge is 0.355 e. The summed E-state index contributed by atoms with van der Waals surface area (Å²) in [5.41, 5.74) is 3.28. The van der Waals surface area contributed by atoms with Crippen molar-refractivity contribution < 1.29 is 17.7 Å². The zero-order valence-electron chi connectivity index (χ0n) is 18.9. The van der Waals surface area contributed by atoms with Crippen LogP contribution >= 0.6 is 11.3 Å². The van der Waals surface area contributed by atoms with Gasteiger partial charge >= 0.3 is 0 Å². The number of aryl methyl sites for hydroxylation is 2. The molecule has 1 aliphatic heterocycles. The third-order valence-corrected chi connectivity index (χ3v) is 8.96. The molecule has 0 aliphatic carbocycles. The Kier molecular flexibility index (Phi) is 6.83. The number of carbonyl (C=O) groups is 1. The summed E-state index contributed by atoms with van der Waals surface area (Å²) in [6.07, 6.45) is 4.37. The lowest BCUT2D eigenvalue weighted by Gasteiger charge is -2.30. The van der Waals surface area contributed by atoms with Crippen molar-refractivity contribution in [3.05, 3.63) is 63.2 Å². The van der Waals surface area contributed by atoms with Crippen LogP contribution in [0.5, 0.6) is 0 Å². The molecule has 174 valence electrons. The molecule has 1 fully saturated rings. The Morgan fingerprint density at radius 2 is 1.91 bits per heavy atom. The first-order valence-corrected chi connectivity index (χ1v) is 13.1. The molecule has 2 aromatic heterocycles. The maximum absolute atomic E-state index is 13.4. The van der Waals surface area contributed by atoms with Crippen molar-refractivity contribution in [1.82, 2.24) is 9.46 Å². The van der Waals surface area contributed by atoms with E-state index in [0.29, 0.717) is 18.5 Å². The molecule has 1 aliphatic rings. The maximum atomic E-state index is 13.4. The molecule has 1 N–H and O–H groups in total. The molecular formula is C24H27N3O4S2. The van der Waals surface area contributed by atoms with Gasteiger partial charge < -0.3 is 9.84 Å². The molecule has 9 heteroatoms. The summed E-state index contributed by atoms with van der Waals surface area (Å²) >= 11 is 1.55. The van der Waals surface area contributed by atoms with Crippen LogP contribution < -0.4 is 5.32 Å². The Balaban J connectivity index is 1.45. The van der Waals surface area contributed by atoms with E-state index in [1.807, 2.05) is 55.6 Å². The lowest BCUT2D eigenvalue weighted by atomic mass is 9.97. The van der Waals surface area contributed by atoms with Gasteiger partial charge in [0.05, 0.1) is 0 Å². The molecule has 1 aromatic carbocycles. The van der Waals surface area contributed by atoms with Crippen molar-refractivity contribution in [2.24, 2.45) is 5.92 Å². The highest BCUT2D eigenvalue weighted by Crippen LogP contribution is 2.30. The molecule has 1 saturated heterocycles. The first kappa shape index (κ1) is 23.4. The summed E-state index contributed by atoms with van der Waals surface area (Å²) < 4.78 is 33.5. The number of hydrogen-bond acceptors (Lipinski definition) is 6. The average molecular weight is 486 g/mol. The Morgan fingerprint density at radius 1 is 1.15 bits per heavy atom. The van der Waals surface area contributed by atoms with Gasteiger partial charge in [0.1, 0.15) is 5.69 Å². The molecule has 0 atom stereocenters. The van der Waals surface area contributed by atoms with Gasteiger partial charge in [-0.3, -0.25) is 4.79 Å². The smallest absolute Gasteiger partial charge is 0.248 e. The number of nitrogens with zero attached hydrogens (tertiary/aromatic N) is 2. The number of hydrogen-bond donors (Lipinski definition) is 1. The number of anilines is 1. The van der Waals surface area contributed by atoms with E-state index in [2.05, 4.69) is 10.5 Å². The third-order valence-electron chi connectivity index (χ3n) is 6.06. The Bertz CT molecular complexity index is 1270. The van der Waals surface area contributed by atoms with Crippen LogP contribution in [0.15, 0.2) is 45.1 Å². The standard InChI is InChI=1S/C24H27N3O4S2/c1-16-6-4-8-21(17(16)2)25-24(28)19-11-13-27(14-12-19)33(29,30)23-18(3)26-31-22(23)10-9-20-7-5-15-32-20/h4-10,15,19H,11-14H2,1-3H3,(H,25,28)/b10-9+. The van der Waals surface area contributed by atoms with E-state index in [1.165, 1.54) is 4.31 Å². The van der Waals surface area contributed by atoms with Crippen molar-refractivity contribution in [2.45, 2.75) is 38.5 Å². The molecule has 1 amide bonds. The van der Waals surface area contributed by atoms with Gasteiger partial charge in [-0.1, -0.05) is 23.4 Å². The van der Waals surface area contributed by atoms with Crippen LogP contribution in [0, 0.1) is 26.7 Å². The van der Waals surface area contributed by atoms with Crippen LogP contribution in [-0.4, -0.2) is 36.9 Å². The molecular weight excluding hydrogens is 458 g/mol. The molecule has 0 unspecified atom stereocenters. The fourth-order valence-corrected chi connectivity index (χ4v) is 6.29. The molecule has 7 nitrogen and oxygen atoms in total. The van der Waals surface area contributed by atoms with Gasteiger partial charge in [-0.15, -0.1) is 11.3 Å². The molecule has 0 spiro atoms. The molecule has 4 rings (SSSR count). The molecule has 3 aromatic rings. The lowest BCUT2D eigenvalue weighted by Crippen LogP contribution is -2.41. The van der Waals surface area contributed by atoms with Crippen molar-refractivity contribution in [3.8, 4) is 0 Å². The Morgan fingerprint density at radius 3 is 2.61 bits per heavy atom. The van der Waals surface area contributed by atoms with E-state index in [0.717, 1.165) is 21.7 Å². The second-order valence-corrected chi connectivity index (χ2v) is 11.1. The van der Waals surface area contributed by atoms with Gasteiger partial charge in [0.2, 0.25) is 15.9 Å². The van der Waals surface area contributed by atoms with Gasteiger partial charge in [-0.25, -0.2) is 8.42 Å². The highest BCUT2D eigenvalue weighted by Gasteiger charge is 2.36. The van der Waals surface area contributed by atoms with Crippen molar-refractivity contribution >= 4 is 45.1 Å². The minimum absolute atomic E-state index is 0.0681. The maximum Gasteiger partial charge on any atom is 0.248 e. The summed E-state index contributed by atoms with van der Waals surface area (Å²) in [6, 6.07) is 9.67. The number of sulfonamides is 1. The third kappa shape index (κ3) is 4.95. The highest BCUT2D eigenvalue weighted by molar-refractivity contribution is 7.89. The number of piperidine rings is 1. The number of thiophene rings is 1. The van der Waals surface area contributed by atoms with Gasteiger partial charge in [-0.2, -0.15) is 4.31 Å². The molecule has 0 saturated carbocycles. The molecule has 0 radical (unpaired) electrons. The Labute approximate surface area is 198 Å². The van der Waals surface area contributed by atoms with Gasteiger partial charge in [-0.05, 0) is 74.4 Å². The summed E-state index contributed by atoms with van der Waals surface area (Å²) in [6.45, 7) is 6.15. The number of nitrogens with one attached hydrogen (secondary N) is 1. The predicted molar refractivity (Wildman–Crippen MR) is 131 cm³/mol. The van der Waals surface area contributed by atoms with Crippen LogP contribution in [0.4, 0.5) is 5.69 Å². The van der Waals surface area contributed by atoms with Crippen LogP contribution in [0.25, 0.3) is 12.2 Å². The van der Waals surface area contributed by atoms with Gasteiger partial charge in [0, 0.05) is 29.6 Å². The van der Waals surface area contributed by atoms with E-state index in [9.17, 15) is 13.2 Å².